The van der Waals surface area contributed by atoms with Crippen molar-refractivity contribution in [2.24, 2.45) is 0 Å². The summed E-state index contributed by atoms with van der Waals surface area (Å²) in [6.07, 6.45) is 4.55. The summed E-state index contributed by atoms with van der Waals surface area (Å²) in [5.74, 6) is -0.843. The fourth-order valence-corrected chi connectivity index (χ4v) is 4.84. The van der Waals surface area contributed by atoms with Gasteiger partial charge in [-0.1, -0.05) is 60.7 Å². The molecule has 3 rings (SSSR count). The number of hydrogen-bond acceptors (Lipinski definition) is 6. The van der Waals surface area contributed by atoms with Gasteiger partial charge in [-0.05, 0) is 36.1 Å². The van der Waals surface area contributed by atoms with Gasteiger partial charge in [-0.3, -0.25) is 9.78 Å². The van der Waals surface area contributed by atoms with Crippen LogP contribution >= 0.6 is 0 Å². The molecular formula is C25H30N4O4S. The van der Waals surface area contributed by atoms with Crippen molar-refractivity contribution in [1.29, 1.82) is 0 Å². The minimum atomic E-state index is -3.83. The molecule has 1 aromatic heterocycles. The van der Waals surface area contributed by atoms with Gasteiger partial charge in [-0.2, -0.15) is 0 Å². The number of aromatic nitrogens is 1. The Hall–Kier alpha value is -3.27. The summed E-state index contributed by atoms with van der Waals surface area (Å²) < 4.78 is 27.5. The van der Waals surface area contributed by atoms with Crippen LogP contribution < -0.4 is 15.4 Å². The fourth-order valence-electron chi connectivity index (χ4n) is 3.51. The normalized spacial score (nSPS) is 13.1. The van der Waals surface area contributed by atoms with Gasteiger partial charge < -0.3 is 15.7 Å². The third-order valence-corrected chi connectivity index (χ3v) is 6.55. The molecule has 2 aromatic carbocycles. The molecule has 0 saturated heterocycles. The molecule has 4 N–H and O–H groups in total. The lowest BCUT2D eigenvalue weighted by Crippen LogP contribution is -2.52. The van der Waals surface area contributed by atoms with Crippen LogP contribution in [0.4, 0.5) is 5.69 Å². The molecule has 0 fully saturated rings. The van der Waals surface area contributed by atoms with E-state index in [2.05, 4.69) is 20.3 Å². The van der Waals surface area contributed by atoms with Gasteiger partial charge in [0.25, 0.3) is 0 Å². The highest BCUT2D eigenvalue weighted by molar-refractivity contribution is 7.88. The van der Waals surface area contributed by atoms with E-state index < -0.39 is 28.6 Å². The third kappa shape index (κ3) is 8.58. The minimum absolute atomic E-state index is 0.267. The van der Waals surface area contributed by atoms with Gasteiger partial charge in [0, 0.05) is 30.7 Å². The predicted octanol–water partition coefficient (Wildman–Crippen LogP) is 2.09. The second-order valence-corrected chi connectivity index (χ2v) is 9.70. The van der Waals surface area contributed by atoms with E-state index in [1.165, 1.54) is 0 Å². The lowest BCUT2D eigenvalue weighted by molar-refractivity contribution is -0.124. The van der Waals surface area contributed by atoms with E-state index in [4.69, 9.17) is 0 Å². The van der Waals surface area contributed by atoms with Crippen LogP contribution in [0.2, 0.25) is 0 Å². The number of nitrogens with one attached hydrogen (secondary N) is 3. The highest BCUT2D eigenvalue weighted by Crippen LogP contribution is 2.10. The molecule has 0 aliphatic rings. The Morgan fingerprint density at radius 2 is 1.53 bits per heavy atom. The van der Waals surface area contributed by atoms with E-state index in [9.17, 15) is 18.3 Å². The Kier molecular flexibility index (Phi) is 9.57. The maximum absolute atomic E-state index is 12.9. The second-order valence-electron chi connectivity index (χ2n) is 7.94. The standard InChI is InChI=1S/C25H30N4O4S/c30-18-24(29-34(32,33)19-21-9-5-2-6-10-21)25(31)28-23(17-20-7-3-1-4-8-20)13-16-27-22-11-14-26-15-12-22/h1-12,14-15,23-24,29-30H,13,16-19H2,(H,26,27)(H,28,31)/t23-,24?/m1/s1. The molecule has 0 bridgehead atoms. The van der Waals surface area contributed by atoms with Crippen molar-refractivity contribution in [3.05, 3.63) is 96.3 Å². The van der Waals surface area contributed by atoms with Crippen LogP contribution in [0.3, 0.4) is 0 Å². The Balaban J connectivity index is 1.62. The van der Waals surface area contributed by atoms with E-state index in [1.807, 2.05) is 42.5 Å². The number of sulfonamides is 1. The van der Waals surface area contributed by atoms with Gasteiger partial charge in [0.2, 0.25) is 15.9 Å². The number of benzene rings is 2. The second kappa shape index (κ2) is 12.8. The summed E-state index contributed by atoms with van der Waals surface area (Å²) in [6, 6.07) is 20.6. The van der Waals surface area contributed by atoms with Gasteiger partial charge in [-0.25, -0.2) is 13.1 Å². The molecule has 3 aromatic rings. The molecule has 0 aliphatic heterocycles. The van der Waals surface area contributed by atoms with Crippen LogP contribution in [0.25, 0.3) is 0 Å². The van der Waals surface area contributed by atoms with E-state index in [-0.39, 0.29) is 11.8 Å². The summed E-state index contributed by atoms with van der Waals surface area (Å²) in [5, 5.41) is 15.9. The maximum atomic E-state index is 12.9. The van der Waals surface area contributed by atoms with Crippen molar-refractivity contribution in [2.45, 2.75) is 30.7 Å². The van der Waals surface area contributed by atoms with E-state index in [0.29, 0.717) is 24.9 Å². The van der Waals surface area contributed by atoms with Gasteiger partial charge in [0.15, 0.2) is 0 Å². The van der Waals surface area contributed by atoms with Crippen molar-refractivity contribution < 1.29 is 18.3 Å². The quantitative estimate of drug-likeness (QED) is 0.296. The number of carbonyl (C=O) groups excluding carboxylic acids is 1. The summed E-state index contributed by atoms with van der Waals surface area (Å²) in [5.41, 5.74) is 2.56. The van der Waals surface area contributed by atoms with Crippen molar-refractivity contribution in [3.8, 4) is 0 Å². The summed E-state index contributed by atoms with van der Waals surface area (Å²) >= 11 is 0. The SMILES string of the molecule is O=C(N[C@H](CCNc1ccncc1)Cc1ccccc1)C(CO)NS(=O)(=O)Cc1ccccc1. The van der Waals surface area contributed by atoms with E-state index in [1.54, 1.807) is 42.7 Å². The molecule has 0 aliphatic carbocycles. The van der Waals surface area contributed by atoms with Crippen molar-refractivity contribution in [1.82, 2.24) is 15.0 Å². The number of carbonyl (C=O) groups is 1. The van der Waals surface area contributed by atoms with Crippen LogP contribution in [0.5, 0.6) is 0 Å². The zero-order valence-corrected chi connectivity index (χ0v) is 19.6. The lowest BCUT2D eigenvalue weighted by atomic mass is 10.0. The number of nitrogens with zero attached hydrogens (tertiary/aromatic N) is 1. The number of anilines is 1. The lowest BCUT2D eigenvalue weighted by Gasteiger charge is -2.23. The summed E-state index contributed by atoms with van der Waals surface area (Å²) in [4.78, 5) is 16.9. The minimum Gasteiger partial charge on any atom is -0.394 e. The molecule has 9 heteroatoms. The average molecular weight is 483 g/mol. The van der Waals surface area contributed by atoms with Crippen LogP contribution in [-0.4, -0.2) is 49.7 Å². The number of hydrogen-bond donors (Lipinski definition) is 4. The number of amides is 1. The first-order valence-electron chi connectivity index (χ1n) is 11.1. The molecule has 1 amide bonds. The first-order valence-corrected chi connectivity index (χ1v) is 12.7. The Labute approximate surface area is 200 Å². The van der Waals surface area contributed by atoms with Gasteiger partial charge in [0.1, 0.15) is 6.04 Å². The first-order chi connectivity index (χ1) is 16.4. The number of aliphatic hydroxyl groups is 1. The molecule has 34 heavy (non-hydrogen) atoms. The topological polar surface area (TPSA) is 120 Å². The van der Waals surface area contributed by atoms with E-state index in [0.717, 1.165) is 11.3 Å². The van der Waals surface area contributed by atoms with Crippen LogP contribution in [-0.2, 0) is 27.0 Å². The summed E-state index contributed by atoms with van der Waals surface area (Å²) in [7, 11) is -3.83. The molecule has 2 atom stereocenters. The van der Waals surface area contributed by atoms with Gasteiger partial charge in [0.05, 0.1) is 12.4 Å². The zero-order chi connectivity index (χ0) is 24.2. The van der Waals surface area contributed by atoms with Crippen LogP contribution in [0.1, 0.15) is 17.5 Å². The predicted molar refractivity (Wildman–Crippen MR) is 132 cm³/mol. The molecule has 0 radical (unpaired) electrons. The fraction of sp³-hybridized carbons (Fsp3) is 0.280. The monoisotopic (exact) mass is 482 g/mol. The molecule has 1 heterocycles. The molecule has 1 unspecified atom stereocenters. The van der Waals surface area contributed by atoms with Gasteiger partial charge in [-0.15, -0.1) is 0 Å². The average Bonchev–Trinajstić information content (AvgIpc) is 2.84. The van der Waals surface area contributed by atoms with Crippen LogP contribution in [0.15, 0.2) is 85.2 Å². The first kappa shape index (κ1) is 25.4. The highest BCUT2D eigenvalue weighted by Gasteiger charge is 2.26. The molecule has 0 saturated carbocycles. The largest absolute Gasteiger partial charge is 0.394 e. The highest BCUT2D eigenvalue weighted by atomic mass is 32.2. The zero-order valence-electron chi connectivity index (χ0n) is 18.8. The molecule has 180 valence electrons. The van der Waals surface area contributed by atoms with Crippen molar-refractivity contribution >= 4 is 21.6 Å². The van der Waals surface area contributed by atoms with Gasteiger partial charge >= 0.3 is 0 Å². The number of rotatable bonds is 13. The Bertz CT molecular complexity index is 1110. The Morgan fingerprint density at radius 3 is 2.15 bits per heavy atom. The molecule has 8 nitrogen and oxygen atoms in total. The third-order valence-electron chi connectivity index (χ3n) is 5.19. The number of pyridine rings is 1. The van der Waals surface area contributed by atoms with Crippen LogP contribution in [0, 0.1) is 0 Å². The van der Waals surface area contributed by atoms with E-state index >= 15 is 0 Å². The summed E-state index contributed by atoms with van der Waals surface area (Å²) in [6.45, 7) is -0.0570. The molecular weight excluding hydrogens is 452 g/mol. The van der Waals surface area contributed by atoms with Crippen molar-refractivity contribution in [2.75, 3.05) is 18.5 Å². The van der Waals surface area contributed by atoms with Crippen molar-refractivity contribution in [3.63, 3.8) is 0 Å². The number of aliphatic hydroxyl groups excluding tert-OH is 1. The maximum Gasteiger partial charge on any atom is 0.240 e. The Morgan fingerprint density at radius 1 is 0.912 bits per heavy atom. The smallest absolute Gasteiger partial charge is 0.240 e. The molecule has 0 spiro atoms.